The Morgan fingerprint density at radius 2 is 2.40 bits per heavy atom. The van der Waals surface area contributed by atoms with Crippen molar-refractivity contribution >= 4 is 20.9 Å². The van der Waals surface area contributed by atoms with Gasteiger partial charge in [-0.1, -0.05) is 6.04 Å². The van der Waals surface area contributed by atoms with Gasteiger partial charge in [-0.15, -0.1) is 0 Å². The summed E-state index contributed by atoms with van der Waals surface area (Å²) < 4.78 is 118. The zero-order chi connectivity index (χ0) is 25.0. The second kappa shape index (κ2) is 5.95. The highest BCUT2D eigenvalue weighted by molar-refractivity contribution is 7.88. The molecule has 2 N–H and O–H groups in total. The van der Waals surface area contributed by atoms with E-state index in [1.165, 1.54) is 4.72 Å². The van der Waals surface area contributed by atoms with Crippen molar-refractivity contribution in [2.75, 3.05) is 27.5 Å². The number of nitrogens with one attached hydrogen (secondary N) is 2. The van der Waals surface area contributed by atoms with Crippen molar-refractivity contribution in [2.24, 2.45) is 0 Å². The number of benzene rings is 1. The summed E-state index contributed by atoms with van der Waals surface area (Å²) in [6.45, 7) is -8.38. The monoisotopic (exact) mass is 307 g/mol. The van der Waals surface area contributed by atoms with Gasteiger partial charge in [0.15, 0.2) is 0 Å². The number of aromatic nitrogens is 1. The molecule has 1 aromatic heterocycles. The van der Waals surface area contributed by atoms with Crippen LogP contribution in [0, 0.1) is 0 Å². The maximum absolute atomic E-state index is 12.2. The summed E-state index contributed by atoms with van der Waals surface area (Å²) in [5.74, 6) is -1.11. The minimum atomic E-state index is -4.55. The van der Waals surface area contributed by atoms with Crippen molar-refractivity contribution in [3.05, 3.63) is 35.4 Å². The third kappa shape index (κ3) is 3.59. The van der Waals surface area contributed by atoms with Crippen LogP contribution >= 0.6 is 0 Å². The van der Waals surface area contributed by atoms with Crippen molar-refractivity contribution in [1.82, 2.24) is 14.6 Å². The Balaban J connectivity index is 2.68. The van der Waals surface area contributed by atoms with Crippen LogP contribution in [0.5, 0.6) is 0 Å². The van der Waals surface area contributed by atoms with E-state index < -0.39 is 72.5 Å². The van der Waals surface area contributed by atoms with Crippen LogP contribution < -0.4 is 4.72 Å². The van der Waals surface area contributed by atoms with Gasteiger partial charge < -0.3 is 9.88 Å². The van der Waals surface area contributed by atoms with Crippen molar-refractivity contribution < 1.29 is 24.9 Å². The fourth-order valence-corrected chi connectivity index (χ4v) is 2.19. The fourth-order valence-electron chi connectivity index (χ4n) is 1.59. The highest BCUT2D eigenvalue weighted by Gasteiger charge is 2.11. The minimum absolute atomic E-state index is 0.179. The number of sulfonamides is 1. The van der Waals surface area contributed by atoms with Crippen molar-refractivity contribution in [3.63, 3.8) is 0 Å². The largest absolute Gasteiger partial charge is 0.361 e. The van der Waals surface area contributed by atoms with Gasteiger partial charge >= 0.3 is 0 Å². The average Bonchev–Trinajstić information content (AvgIpc) is 2.89. The molecule has 0 atom stereocenters. The molecule has 0 spiro atoms. The Morgan fingerprint density at radius 1 is 1.55 bits per heavy atom. The first-order chi connectivity index (χ1) is 14.2. The first-order valence-electron chi connectivity index (χ1n) is 11.5. The van der Waals surface area contributed by atoms with E-state index >= 15 is 0 Å². The maximum Gasteiger partial charge on any atom is 0.215 e. The van der Waals surface area contributed by atoms with Gasteiger partial charge in [0.1, 0.15) is 0 Å². The third-order valence-electron chi connectivity index (χ3n) is 2.49. The molecular formula is C14H21N3O2S. The summed E-state index contributed by atoms with van der Waals surface area (Å²) in [5.41, 5.74) is -0.872. The van der Waals surface area contributed by atoms with Gasteiger partial charge in [-0.25, -0.2) is 13.1 Å². The second-order valence-electron chi connectivity index (χ2n) is 4.09. The number of nitrogens with zero attached hydrogens (tertiary/aromatic N) is 1. The number of fused-ring (bicyclic) bond motifs is 1. The number of H-pyrrole nitrogens is 1. The van der Waals surface area contributed by atoms with Gasteiger partial charge in [0.25, 0.3) is 0 Å². The first-order valence-corrected chi connectivity index (χ1v) is 7.18. The molecule has 20 heavy (non-hydrogen) atoms. The molecule has 0 unspecified atom stereocenters. The standard InChI is InChI=1S/C14H21N3O2S/c1-15-20(18,19)10-11-4-5-14-13(8-11)12(9-16-14)6-7-17(2)3/h4-5,8-9,15-16H,6-7,10H2,1-3H3/i1D3,2D3,4D,5D,7D2,8D,9D. The molecule has 0 bridgehead atoms. The normalized spacial score (nSPS) is 23.1. The molecule has 0 amide bonds. The molecule has 2 rings (SSSR count). The van der Waals surface area contributed by atoms with E-state index in [2.05, 4.69) is 4.98 Å². The van der Waals surface area contributed by atoms with Crippen LogP contribution in [0.4, 0.5) is 0 Å². The highest BCUT2D eigenvalue weighted by Crippen LogP contribution is 2.21. The Morgan fingerprint density at radius 3 is 3.15 bits per heavy atom. The van der Waals surface area contributed by atoms with E-state index in [1.807, 2.05) is 0 Å². The molecule has 0 aliphatic heterocycles. The molecule has 0 aliphatic carbocycles. The number of hydrogen-bond acceptors (Lipinski definition) is 3. The average molecular weight is 307 g/mol. The Labute approximate surface area is 136 Å². The lowest BCUT2D eigenvalue weighted by atomic mass is 10.1. The number of rotatable bonds is 6. The van der Waals surface area contributed by atoms with Gasteiger partial charge in [0.05, 0.1) is 11.2 Å². The van der Waals surface area contributed by atoms with E-state index in [9.17, 15) is 8.42 Å². The van der Waals surface area contributed by atoms with Crippen LogP contribution in [-0.4, -0.2) is 45.8 Å². The van der Waals surface area contributed by atoms with Crippen molar-refractivity contribution in [1.29, 1.82) is 0 Å². The van der Waals surface area contributed by atoms with Crippen LogP contribution in [-0.2, 0) is 22.2 Å². The quantitative estimate of drug-likeness (QED) is 0.846. The van der Waals surface area contributed by atoms with Crippen LogP contribution in [0.3, 0.4) is 0 Å². The summed E-state index contributed by atoms with van der Waals surface area (Å²) in [7, 11) is -3.53. The molecule has 1 aromatic carbocycles. The Bertz CT molecular complexity index is 1140. The van der Waals surface area contributed by atoms with E-state index in [4.69, 9.17) is 16.4 Å². The summed E-state index contributed by atoms with van der Waals surface area (Å²) in [4.78, 5) is 2.93. The van der Waals surface area contributed by atoms with Crippen LogP contribution in [0.15, 0.2) is 24.3 Å². The van der Waals surface area contributed by atoms with Gasteiger partial charge in [-0.05, 0) is 50.6 Å². The van der Waals surface area contributed by atoms with Gasteiger partial charge in [0.2, 0.25) is 10.0 Å². The van der Waals surface area contributed by atoms with Crippen LogP contribution in [0.25, 0.3) is 10.9 Å². The third-order valence-corrected chi connectivity index (χ3v) is 3.47. The SMILES string of the molecule is [2H]c1[nH]c2c([2H])c([2H])c(CS(=O)(=O)NC([2H])([2H])[2H])c([2H])c2c1CC([2H])([2H])N(C)C([2H])([2H])[2H]. The summed E-state index contributed by atoms with van der Waals surface area (Å²) in [6, 6.07) is -1.84. The maximum atomic E-state index is 12.2. The Kier molecular flexibility index (Phi) is 1.72. The van der Waals surface area contributed by atoms with Gasteiger partial charge in [0, 0.05) is 34.5 Å². The molecule has 1 heterocycles. The zero-order valence-corrected chi connectivity index (χ0v) is 11.4. The lowest BCUT2D eigenvalue weighted by molar-refractivity contribution is 0.414. The molecule has 0 radical (unpaired) electrons. The smallest absolute Gasteiger partial charge is 0.215 e. The van der Waals surface area contributed by atoms with E-state index in [0.29, 0.717) is 4.90 Å². The fraction of sp³-hybridized carbons (Fsp3) is 0.429. The predicted octanol–water partition coefficient (Wildman–Crippen LogP) is 1.32. The summed E-state index contributed by atoms with van der Waals surface area (Å²) in [6.07, 6.45) is -1.12. The number of hydrogen-bond donors (Lipinski definition) is 2. The molecule has 0 saturated carbocycles. The zero-order valence-electron chi connectivity index (χ0n) is 22.6. The lowest BCUT2D eigenvalue weighted by Gasteiger charge is -2.08. The van der Waals surface area contributed by atoms with Crippen LogP contribution in [0.2, 0.25) is 0 Å². The number of likely N-dealkylation sites (N-methyl/N-ethyl adjacent to an activating group) is 1. The first kappa shape index (κ1) is 5.79. The number of aromatic amines is 1. The molecule has 110 valence electrons. The molecular weight excluding hydrogens is 274 g/mol. The molecule has 0 aliphatic rings. The van der Waals surface area contributed by atoms with E-state index in [0.717, 1.165) is 7.05 Å². The Hall–Kier alpha value is -1.37. The highest BCUT2D eigenvalue weighted by atomic mass is 32.2. The molecule has 6 heteroatoms. The van der Waals surface area contributed by atoms with Gasteiger partial charge in [-0.2, -0.15) is 0 Å². The topological polar surface area (TPSA) is 65.2 Å². The second-order valence-corrected chi connectivity index (χ2v) is 5.81. The van der Waals surface area contributed by atoms with E-state index in [-0.39, 0.29) is 16.5 Å². The van der Waals surface area contributed by atoms with Crippen molar-refractivity contribution in [3.8, 4) is 0 Å². The lowest BCUT2D eigenvalue weighted by Crippen LogP contribution is -2.20. The predicted molar refractivity (Wildman–Crippen MR) is 82.2 cm³/mol. The molecule has 5 nitrogen and oxygen atoms in total. The van der Waals surface area contributed by atoms with E-state index in [1.54, 1.807) is 0 Å². The summed E-state index contributed by atoms with van der Waals surface area (Å²) in [5, 5.41) is -0.210. The number of aryl methyl sites for hydroxylation is 1. The minimum Gasteiger partial charge on any atom is -0.361 e. The molecule has 0 fully saturated rings. The summed E-state index contributed by atoms with van der Waals surface area (Å²) >= 11 is 0. The van der Waals surface area contributed by atoms with Crippen LogP contribution in [0.1, 0.15) is 27.6 Å². The van der Waals surface area contributed by atoms with Crippen molar-refractivity contribution in [2.45, 2.75) is 12.2 Å². The molecule has 2 aromatic rings. The molecule has 0 saturated heterocycles. The van der Waals surface area contributed by atoms with Gasteiger partial charge in [-0.3, -0.25) is 0 Å².